The van der Waals surface area contributed by atoms with Crippen molar-refractivity contribution in [1.29, 1.82) is 0 Å². The van der Waals surface area contributed by atoms with Gasteiger partial charge in [0.05, 0.1) is 19.2 Å². The molecule has 0 radical (unpaired) electrons. The first-order valence-electron chi connectivity index (χ1n) is 13.2. The van der Waals surface area contributed by atoms with Crippen molar-refractivity contribution in [3.05, 3.63) is 93.3 Å². The molecule has 4 N–H and O–H groups in total. The second-order valence-corrected chi connectivity index (χ2v) is 10.1. The van der Waals surface area contributed by atoms with E-state index in [1.807, 2.05) is 32.9 Å². The number of methoxy groups -OCH3 is 1. The number of phenols is 1. The molecule has 0 unspecified atom stereocenters. The number of carbonyl (C=O) groups is 3. The summed E-state index contributed by atoms with van der Waals surface area (Å²) in [5, 5.41) is 19.5. The van der Waals surface area contributed by atoms with Crippen molar-refractivity contribution in [3.8, 4) is 11.5 Å². The van der Waals surface area contributed by atoms with Crippen LogP contribution >= 0.6 is 0 Å². The van der Waals surface area contributed by atoms with Crippen LogP contribution in [0.5, 0.6) is 11.5 Å². The molecule has 0 bridgehead atoms. The Bertz CT molecular complexity index is 1410. The Morgan fingerprint density at radius 1 is 0.900 bits per heavy atom. The second-order valence-electron chi connectivity index (χ2n) is 10.1. The lowest BCUT2D eigenvalue weighted by molar-refractivity contribution is 0.0882. The first-order chi connectivity index (χ1) is 19.1. The molecule has 3 aromatic carbocycles. The number of rotatable bonds is 7. The Labute approximate surface area is 232 Å². The molecule has 8 nitrogen and oxygen atoms in total. The maximum atomic E-state index is 14.7. The third-order valence-corrected chi connectivity index (χ3v) is 7.48. The molecule has 9 heteroatoms. The molecule has 0 aliphatic carbocycles. The number of nitrogens with one attached hydrogen (secondary N) is 3. The summed E-state index contributed by atoms with van der Waals surface area (Å²) in [5.74, 6) is -2.92. The minimum atomic E-state index is -0.958. The van der Waals surface area contributed by atoms with Crippen LogP contribution in [-0.2, 0) is 0 Å². The molecule has 2 amide bonds. The van der Waals surface area contributed by atoms with Gasteiger partial charge in [0.25, 0.3) is 11.8 Å². The van der Waals surface area contributed by atoms with Gasteiger partial charge in [-0.1, -0.05) is 12.1 Å². The van der Waals surface area contributed by atoms with Gasteiger partial charge in [0.2, 0.25) is 0 Å². The molecule has 1 saturated heterocycles. The lowest BCUT2D eigenvalue weighted by Crippen LogP contribution is -2.54. The van der Waals surface area contributed by atoms with E-state index >= 15 is 0 Å². The molecule has 40 heavy (non-hydrogen) atoms. The summed E-state index contributed by atoms with van der Waals surface area (Å²) in [6, 6.07) is 11.3. The Morgan fingerprint density at radius 3 is 2.15 bits per heavy atom. The first-order valence-corrected chi connectivity index (χ1v) is 13.2. The van der Waals surface area contributed by atoms with Crippen molar-refractivity contribution in [2.75, 3.05) is 20.2 Å². The van der Waals surface area contributed by atoms with Gasteiger partial charge in [-0.2, -0.15) is 0 Å². The highest BCUT2D eigenvalue weighted by molar-refractivity contribution is 6.11. The van der Waals surface area contributed by atoms with Crippen LogP contribution in [0.15, 0.2) is 48.5 Å². The Hall–Kier alpha value is -4.24. The van der Waals surface area contributed by atoms with Crippen LogP contribution < -0.4 is 20.7 Å². The normalized spacial score (nSPS) is 17.0. The van der Waals surface area contributed by atoms with Crippen molar-refractivity contribution in [3.63, 3.8) is 0 Å². The molecule has 0 aromatic heterocycles. The van der Waals surface area contributed by atoms with Gasteiger partial charge >= 0.3 is 0 Å². The van der Waals surface area contributed by atoms with E-state index in [1.165, 1.54) is 43.5 Å². The molecule has 0 spiro atoms. The van der Waals surface area contributed by atoms with E-state index in [2.05, 4.69) is 16.0 Å². The maximum Gasteiger partial charge on any atom is 0.251 e. The van der Waals surface area contributed by atoms with Crippen molar-refractivity contribution in [2.24, 2.45) is 0 Å². The third kappa shape index (κ3) is 6.15. The summed E-state index contributed by atoms with van der Waals surface area (Å²) in [6.45, 7) is 7.25. The summed E-state index contributed by atoms with van der Waals surface area (Å²) in [4.78, 5) is 39.2. The van der Waals surface area contributed by atoms with E-state index in [-0.39, 0.29) is 35.2 Å². The van der Waals surface area contributed by atoms with Crippen molar-refractivity contribution < 1.29 is 28.6 Å². The van der Waals surface area contributed by atoms with Crippen LogP contribution in [0, 0.1) is 26.6 Å². The fraction of sp³-hybridized carbons (Fsp3) is 0.323. The number of carbonyl (C=O) groups excluding carboxylic acids is 3. The fourth-order valence-corrected chi connectivity index (χ4v) is 4.88. The standard InChI is InChI=1S/C31H34FN3O5/c1-17-14-22(15-18(2)19(17)3)31(39)35-24-16-33-13-5-6-23(24)34-30(38)21-9-7-20(8-10-21)29(37)27-25(36)11-12-26(40-4)28(27)32/h7-12,14-15,23-24,33,36H,5-6,13,16H2,1-4H3,(H,34,38)(H,35,39)/t23-,24-/m1/s1. The monoisotopic (exact) mass is 547 g/mol. The van der Waals surface area contributed by atoms with Gasteiger partial charge < -0.3 is 25.8 Å². The Kier molecular flexibility index (Phi) is 8.84. The van der Waals surface area contributed by atoms with E-state index in [1.54, 1.807) is 0 Å². The first kappa shape index (κ1) is 28.8. The summed E-state index contributed by atoms with van der Waals surface area (Å²) >= 11 is 0. The van der Waals surface area contributed by atoms with Crippen LogP contribution in [0.3, 0.4) is 0 Å². The molecule has 2 atom stereocenters. The van der Waals surface area contributed by atoms with E-state index < -0.39 is 22.9 Å². The number of halogens is 1. The van der Waals surface area contributed by atoms with Crippen molar-refractivity contribution in [1.82, 2.24) is 16.0 Å². The smallest absolute Gasteiger partial charge is 0.251 e. The number of hydrogen-bond acceptors (Lipinski definition) is 6. The maximum absolute atomic E-state index is 14.7. The van der Waals surface area contributed by atoms with Gasteiger partial charge in [-0.25, -0.2) is 4.39 Å². The van der Waals surface area contributed by atoms with Crippen molar-refractivity contribution >= 4 is 17.6 Å². The quantitative estimate of drug-likeness (QED) is 0.333. The second kappa shape index (κ2) is 12.3. The number of benzene rings is 3. The van der Waals surface area contributed by atoms with Crippen molar-refractivity contribution in [2.45, 2.75) is 45.7 Å². The highest BCUT2D eigenvalue weighted by Gasteiger charge is 2.28. The fourth-order valence-electron chi connectivity index (χ4n) is 4.88. The molecule has 210 valence electrons. The van der Waals surface area contributed by atoms with Gasteiger partial charge in [0, 0.05) is 23.2 Å². The third-order valence-electron chi connectivity index (χ3n) is 7.48. The van der Waals surface area contributed by atoms with Gasteiger partial charge in [0.1, 0.15) is 11.3 Å². The number of ketones is 1. The molecular weight excluding hydrogens is 513 g/mol. The number of aromatic hydroxyl groups is 1. The van der Waals surface area contributed by atoms with E-state index in [0.29, 0.717) is 24.1 Å². The van der Waals surface area contributed by atoms with Gasteiger partial charge in [-0.3, -0.25) is 14.4 Å². The zero-order chi connectivity index (χ0) is 29.0. The minimum Gasteiger partial charge on any atom is -0.507 e. The number of amides is 2. The molecule has 4 rings (SSSR count). The summed E-state index contributed by atoms with van der Waals surface area (Å²) in [6.07, 6.45) is 1.49. The topological polar surface area (TPSA) is 117 Å². The highest BCUT2D eigenvalue weighted by Crippen LogP contribution is 2.30. The lowest BCUT2D eigenvalue weighted by Gasteiger charge is -2.27. The lowest BCUT2D eigenvalue weighted by atomic mass is 9.98. The van der Waals surface area contributed by atoms with E-state index in [4.69, 9.17) is 4.74 Å². The average Bonchev–Trinajstić information content (AvgIpc) is 3.16. The SMILES string of the molecule is COc1ccc(O)c(C(=O)c2ccc(C(=O)N[C@@H]3CCCNC[C@H]3NC(=O)c3cc(C)c(C)c(C)c3)cc2)c1F. The predicted octanol–water partition coefficient (Wildman–Crippen LogP) is 3.98. The van der Waals surface area contributed by atoms with E-state index in [0.717, 1.165) is 29.7 Å². The zero-order valence-electron chi connectivity index (χ0n) is 23.1. The Balaban J connectivity index is 1.48. The molecule has 1 fully saturated rings. The number of hydrogen-bond donors (Lipinski definition) is 4. The number of phenolic OH excluding ortho intramolecular Hbond substituents is 1. The molecule has 1 aliphatic heterocycles. The largest absolute Gasteiger partial charge is 0.507 e. The van der Waals surface area contributed by atoms with Gasteiger partial charge in [0.15, 0.2) is 17.3 Å². The number of aryl methyl sites for hydroxylation is 2. The van der Waals surface area contributed by atoms with Crippen LogP contribution in [-0.4, -0.2) is 55.0 Å². The Morgan fingerprint density at radius 2 is 1.50 bits per heavy atom. The summed E-state index contributed by atoms with van der Waals surface area (Å²) in [7, 11) is 1.27. The average molecular weight is 548 g/mol. The van der Waals surface area contributed by atoms with Crippen LogP contribution in [0.1, 0.15) is 66.2 Å². The zero-order valence-corrected chi connectivity index (χ0v) is 23.1. The molecule has 1 aliphatic rings. The van der Waals surface area contributed by atoms with E-state index in [9.17, 15) is 23.9 Å². The van der Waals surface area contributed by atoms with Crippen LogP contribution in [0.2, 0.25) is 0 Å². The predicted molar refractivity (Wildman–Crippen MR) is 150 cm³/mol. The van der Waals surface area contributed by atoms with Crippen LogP contribution in [0.4, 0.5) is 4.39 Å². The summed E-state index contributed by atoms with van der Waals surface area (Å²) < 4.78 is 19.6. The molecular formula is C31H34FN3O5. The molecule has 3 aromatic rings. The molecule has 0 saturated carbocycles. The van der Waals surface area contributed by atoms with Gasteiger partial charge in [-0.15, -0.1) is 0 Å². The van der Waals surface area contributed by atoms with Crippen LogP contribution in [0.25, 0.3) is 0 Å². The number of ether oxygens (including phenoxy) is 1. The minimum absolute atomic E-state index is 0.103. The highest BCUT2D eigenvalue weighted by atomic mass is 19.1. The van der Waals surface area contributed by atoms with Gasteiger partial charge in [-0.05, 0) is 93.2 Å². The summed E-state index contributed by atoms with van der Waals surface area (Å²) in [5.41, 5.74) is 3.72. The molecule has 1 heterocycles.